The minimum atomic E-state index is -0.801. The van der Waals surface area contributed by atoms with E-state index in [-0.39, 0.29) is 17.4 Å². The normalized spacial score (nSPS) is 31.9. The second kappa shape index (κ2) is 7.40. The Morgan fingerprint density at radius 1 is 1.10 bits per heavy atom. The molecule has 156 valence electrons. The standard InChI is InChI=1S/C21H25FN2O5/c22-16-4-2-1-3-15(16)19(27)24-23-17(25)11-29-18(26)10-20-6-13-5-14(7-20)9-21(28,8-13)12-20/h1-4,13-14,28H,5-12H2,(H,23,25)(H,24,27)/t13-,14-,20?,21?/m1/s1. The Kier molecular flexibility index (Phi) is 5.06. The predicted octanol–water partition coefficient (Wildman–Crippen LogP) is 1.85. The maximum Gasteiger partial charge on any atom is 0.306 e. The zero-order valence-corrected chi connectivity index (χ0v) is 16.1. The van der Waals surface area contributed by atoms with Gasteiger partial charge in [0.1, 0.15) is 5.82 Å². The maximum absolute atomic E-state index is 13.5. The fourth-order valence-corrected chi connectivity index (χ4v) is 5.99. The van der Waals surface area contributed by atoms with E-state index in [1.54, 1.807) is 0 Å². The second-order valence-electron chi connectivity index (χ2n) is 9.00. The number of benzene rings is 1. The highest BCUT2D eigenvalue weighted by atomic mass is 19.1. The lowest BCUT2D eigenvalue weighted by Gasteiger charge is -2.60. The molecule has 2 amide bonds. The van der Waals surface area contributed by atoms with E-state index in [2.05, 4.69) is 10.9 Å². The van der Waals surface area contributed by atoms with Gasteiger partial charge in [-0.05, 0) is 67.9 Å². The smallest absolute Gasteiger partial charge is 0.306 e. The first-order valence-corrected chi connectivity index (χ1v) is 9.98. The van der Waals surface area contributed by atoms with Crippen LogP contribution in [-0.2, 0) is 14.3 Å². The molecule has 0 radical (unpaired) electrons. The zero-order valence-electron chi connectivity index (χ0n) is 16.1. The van der Waals surface area contributed by atoms with Gasteiger partial charge in [0.15, 0.2) is 6.61 Å². The molecular weight excluding hydrogens is 379 g/mol. The lowest BCUT2D eigenvalue weighted by Crippen LogP contribution is -2.56. The Labute approximate surface area is 168 Å². The Morgan fingerprint density at radius 3 is 2.45 bits per heavy atom. The SMILES string of the molecule is O=C(COC(=O)CC12C[C@H]3C[C@@H](CC(O)(C3)C1)C2)NNC(=O)c1ccccc1F. The Bertz CT molecular complexity index is 828. The molecule has 0 heterocycles. The molecule has 0 saturated heterocycles. The number of carbonyl (C=O) groups excluding carboxylic acids is 3. The van der Waals surface area contributed by atoms with Crippen molar-refractivity contribution >= 4 is 17.8 Å². The number of nitrogens with one attached hydrogen (secondary N) is 2. The van der Waals surface area contributed by atoms with Gasteiger partial charge in [0, 0.05) is 0 Å². The van der Waals surface area contributed by atoms with E-state index in [0.29, 0.717) is 18.3 Å². The van der Waals surface area contributed by atoms with Gasteiger partial charge < -0.3 is 9.84 Å². The Hall–Kier alpha value is -2.48. The summed E-state index contributed by atoms with van der Waals surface area (Å²) in [6, 6.07) is 5.38. The first-order valence-electron chi connectivity index (χ1n) is 9.98. The average Bonchev–Trinajstić information content (AvgIpc) is 2.62. The zero-order chi connectivity index (χ0) is 20.6. The lowest BCUT2D eigenvalue weighted by molar-refractivity contribution is -0.177. The summed E-state index contributed by atoms with van der Waals surface area (Å²) in [5.74, 6) is -1.78. The number of hydrogen-bond acceptors (Lipinski definition) is 5. The van der Waals surface area contributed by atoms with Crippen LogP contribution in [0.5, 0.6) is 0 Å². The van der Waals surface area contributed by atoms with Gasteiger partial charge in [-0.25, -0.2) is 4.39 Å². The van der Waals surface area contributed by atoms with E-state index in [1.165, 1.54) is 18.2 Å². The number of ether oxygens (including phenoxy) is 1. The van der Waals surface area contributed by atoms with Crippen LogP contribution in [0.1, 0.15) is 55.3 Å². The molecule has 2 atom stereocenters. The van der Waals surface area contributed by atoms with Crippen LogP contribution in [0.2, 0.25) is 0 Å². The Morgan fingerprint density at radius 2 is 1.79 bits per heavy atom. The molecule has 1 aromatic carbocycles. The van der Waals surface area contributed by atoms with Crippen LogP contribution in [0.4, 0.5) is 4.39 Å². The summed E-state index contributed by atoms with van der Waals surface area (Å²) < 4.78 is 18.6. The molecule has 3 N–H and O–H groups in total. The van der Waals surface area contributed by atoms with Gasteiger partial charge >= 0.3 is 5.97 Å². The quantitative estimate of drug-likeness (QED) is 0.513. The van der Waals surface area contributed by atoms with Gasteiger partial charge in [-0.2, -0.15) is 0 Å². The number of carbonyl (C=O) groups is 3. The van der Waals surface area contributed by atoms with E-state index >= 15 is 0 Å². The van der Waals surface area contributed by atoms with Gasteiger partial charge in [0.2, 0.25) is 0 Å². The first kappa shape index (κ1) is 19.8. The van der Waals surface area contributed by atoms with Crippen LogP contribution < -0.4 is 10.9 Å². The molecule has 0 unspecified atom stereocenters. The van der Waals surface area contributed by atoms with E-state index in [4.69, 9.17) is 4.74 Å². The van der Waals surface area contributed by atoms with E-state index in [9.17, 15) is 23.9 Å². The molecule has 4 bridgehead atoms. The molecule has 8 heteroatoms. The van der Waals surface area contributed by atoms with Crippen LogP contribution in [0.3, 0.4) is 0 Å². The van der Waals surface area contributed by atoms with Crippen molar-refractivity contribution < 1.29 is 28.6 Å². The molecule has 29 heavy (non-hydrogen) atoms. The third-order valence-electron chi connectivity index (χ3n) is 6.47. The molecular formula is C21H25FN2O5. The molecule has 0 aliphatic heterocycles. The summed E-state index contributed by atoms with van der Waals surface area (Å²) in [5, 5.41) is 10.8. The highest BCUT2D eigenvalue weighted by Crippen LogP contribution is 2.62. The first-order chi connectivity index (χ1) is 13.8. The van der Waals surface area contributed by atoms with Crippen LogP contribution in [0, 0.1) is 23.1 Å². The third-order valence-corrected chi connectivity index (χ3v) is 6.47. The lowest BCUT2D eigenvalue weighted by atomic mass is 9.47. The van der Waals surface area contributed by atoms with Gasteiger partial charge in [-0.1, -0.05) is 12.1 Å². The minimum absolute atomic E-state index is 0.192. The van der Waals surface area contributed by atoms with E-state index < -0.39 is 35.8 Å². The van der Waals surface area contributed by atoms with Crippen molar-refractivity contribution in [1.29, 1.82) is 0 Å². The molecule has 4 fully saturated rings. The predicted molar refractivity (Wildman–Crippen MR) is 99.6 cm³/mol. The molecule has 0 aromatic heterocycles. The van der Waals surface area contributed by atoms with Crippen LogP contribution in [0.15, 0.2) is 24.3 Å². The van der Waals surface area contributed by atoms with Crippen molar-refractivity contribution in [2.24, 2.45) is 17.3 Å². The van der Waals surface area contributed by atoms with Crippen LogP contribution >= 0.6 is 0 Å². The van der Waals surface area contributed by atoms with Crippen molar-refractivity contribution in [1.82, 2.24) is 10.9 Å². The van der Waals surface area contributed by atoms with Gasteiger partial charge in [0.05, 0.1) is 17.6 Å². The number of amides is 2. The third kappa shape index (κ3) is 4.27. The number of aliphatic hydroxyl groups is 1. The minimum Gasteiger partial charge on any atom is -0.455 e. The largest absolute Gasteiger partial charge is 0.455 e. The van der Waals surface area contributed by atoms with E-state index in [1.807, 2.05) is 0 Å². The van der Waals surface area contributed by atoms with Crippen molar-refractivity contribution in [3.8, 4) is 0 Å². The fraction of sp³-hybridized carbons (Fsp3) is 0.571. The molecule has 4 aliphatic carbocycles. The summed E-state index contributed by atoms with van der Waals surface area (Å²) in [7, 11) is 0. The van der Waals surface area contributed by atoms with E-state index in [0.717, 1.165) is 38.2 Å². The van der Waals surface area contributed by atoms with Crippen LogP contribution in [-0.4, -0.2) is 35.1 Å². The van der Waals surface area contributed by atoms with Crippen molar-refractivity contribution in [2.75, 3.05) is 6.61 Å². The maximum atomic E-state index is 13.5. The molecule has 1 aromatic rings. The number of hydrogen-bond donors (Lipinski definition) is 3. The highest BCUT2D eigenvalue weighted by molar-refractivity contribution is 5.95. The summed E-state index contributed by atoms with van der Waals surface area (Å²) >= 11 is 0. The monoisotopic (exact) mass is 404 g/mol. The molecule has 7 nitrogen and oxygen atoms in total. The highest BCUT2D eigenvalue weighted by Gasteiger charge is 2.57. The van der Waals surface area contributed by atoms with Gasteiger partial charge in [0.25, 0.3) is 11.8 Å². The van der Waals surface area contributed by atoms with Crippen molar-refractivity contribution in [3.63, 3.8) is 0 Å². The van der Waals surface area contributed by atoms with Gasteiger partial charge in [-0.15, -0.1) is 0 Å². The number of rotatable bonds is 5. The molecule has 0 spiro atoms. The second-order valence-corrected chi connectivity index (χ2v) is 9.00. The summed E-state index contributed by atoms with van der Waals surface area (Å²) in [4.78, 5) is 36.0. The summed E-state index contributed by atoms with van der Waals surface area (Å²) in [6.45, 7) is -0.538. The number of esters is 1. The molecule has 4 saturated carbocycles. The molecule has 5 rings (SSSR count). The summed E-state index contributed by atoms with van der Waals surface area (Å²) in [6.07, 6.45) is 5.43. The fourth-order valence-electron chi connectivity index (χ4n) is 5.99. The van der Waals surface area contributed by atoms with Crippen molar-refractivity contribution in [2.45, 2.75) is 50.5 Å². The van der Waals surface area contributed by atoms with Crippen molar-refractivity contribution in [3.05, 3.63) is 35.6 Å². The Balaban J connectivity index is 1.23. The van der Waals surface area contributed by atoms with Gasteiger partial charge in [-0.3, -0.25) is 25.2 Å². The average molecular weight is 404 g/mol. The molecule has 4 aliphatic rings. The van der Waals surface area contributed by atoms with Crippen LogP contribution in [0.25, 0.3) is 0 Å². The summed E-state index contributed by atoms with van der Waals surface area (Å²) in [5.41, 5.74) is 3.11. The number of halogens is 1. The number of hydrazine groups is 1. The topological polar surface area (TPSA) is 105 Å².